The van der Waals surface area contributed by atoms with Gasteiger partial charge in [-0.05, 0) is 34.4 Å². The molecule has 0 saturated heterocycles. The SMILES string of the molecule is CC(=O)N1Cc2ccccc2C(c2ccccc2Cl)c2ccccc21. The zero-order valence-electron chi connectivity index (χ0n) is 13.9. The van der Waals surface area contributed by atoms with Crippen LogP contribution >= 0.6 is 11.6 Å². The average molecular weight is 348 g/mol. The van der Waals surface area contributed by atoms with Gasteiger partial charge in [0.05, 0.1) is 6.54 Å². The van der Waals surface area contributed by atoms with Gasteiger partial charge in [-0.25, -0.2) is 0 Å². The lowest BCUT2D eigenvalue weighted by Crippen LogP contribution is -2.27. The summed E-state index contributed by atoms with van der Waals surface area (Å²) >= 11 is 6.56. The van der Waals surface area contributed by atoms with E-state index >= 15 is 0 Å². The minimum Gasteiger partial charge on any atom is -0.308 e. The summed E-state index contributed by atoms with van der Waals surface area (Å²) in [6.07, 6.45) is 0. The number of benzene rings is 3. The third kappa shape index (κ3) is 2.73. The topological polar surface area (TPSA) is 20.3 Å². The Balaban J connectivity index is 2.05. The van der Waals surface area contributed by atoms with E-state index in [4.69, 9.17) is 11.6 Å². The zero-order chi connectivity index (χ0) is 17.4. The molecule has 0 radical (unpaired) electrons. The van der Waals surface area contributed by atoms with Crippen LogP contribution in [0.4, 0.5) is 5.69 Å². The monoisotopic (exact) mass is 347 g/mol. The van der Waals surface area contributed by atoms with Crippen molar-refractivity contribution in [3.63, 3.8) is 0 Å². The highest BCUT2D eigenvalue weighted by Gasteiger charge is 2.30. The largest absolute Gasteiger partial charge is 0.308 e. The van der Waals surface area contributed by atoms with Crippen molar-refractivity contribution in [1.29, 1.82) is 0 Å². The third-order valence-corrected chi connectivity index (χ3v) is 5.17. The van der Waals surface area contributed by atoms with E-state index in [1.165, 1.54) is 5.56 Å². The first-order valence-corrected chi connectivity index (χ1v) is 8.74. The van der Waals surface area contributed by atoms with Crippen molar-refractivity contribution in [2.75, 3.05) is 4.90 Å². The lowest BCUT2D eigenvalue weighted by Gasteiger charge is -2.23. The van der Waals surface area contributed by atoms with Gasteiger partial charge in [0.2, 0.25) is 5.91 Å². The van der Waals surface area contributed by atoms with E-state index in [1.54, 1.807) is 6.92 Å². The minimum atomic E-state index is 0.00505. The van der Waals surface area contributed by atoms with Crippen molar-refractivity contribution in [3.8, 4) is 0 Å². The molecular formula is C22H18ClNO. The molecule has 1 aliphatic heterocycles. The van der Waals surface area contributed by atoms with Gasteiger partial charge in [-0.2, -0.15) is 0 Å². The summed E-state index contributed by atoms with van der Waals surface area (Å²) in [5.41, 5.74) is 5.48. The molecule has 3 heteroatoms. The van der Waals surface area contributed by atoms with Gasteiger partial charge in [0.1, 0.15) is 0 Å². The first-order chi connectivity index (χ1) is 12.2. The van der Waals surface area contributed by atoms with E-state index in [9.17, 15) is 4.79 Å². The lowest BCUT2D eigenvalue weighted by molar-refractivity contribution is -0.116. The summed E-state index contributed by atoms with van der Waals surface area (Å²) in [4.78, 5) is 14.2. The number of carbonyl (C=O) groups excluding carboxylic acids is 1. The van der Waals surface area contributed by atoms with Gasteiger partial charge in [0, 0.05) is 23.6 Å². The number of hydrogen-bond donors (Lipinski definition) is 0. The summed E-state index contributed by atoms with van der Waals surface area (Å²) in [6, 6.07) is 24.4. The van der Waals surface area contributed by atoms with Crippen LogP contribution in [0.3, 0.4) is 0 Å². The predicted molar refractivity (Wildman–Crippen MR) is 102 cm³/mol. The molecule has 3 aromatic carbocycles. The molecule has 25 heavy (non-hydrogen) atoms. The summed E-state index contributed by atoms with van der Waals surface area (Å²) in [6.45, 7) is 2.19. The molecule has 1 heterocycles. The number of rotatable bonds is 1. The Morgan fingerprint density at radius 3 is 2.20 bits per heavy atom. The van der Waals surface area contributed by atoms with Gasteiger partial charge >= 0.3 is 0 Å². The maximum atomic E-state index is 12.3. The van der Waals surface area contributed by atoms with E-state index in [1.807, 2.05) is 47.4 Å². The number of para-hydroxylation sites is 1. The van der Waals surface area contributed by atoms with Crippen molar-refractivity contribution in [3.05, 3.63) is 100 Å². The zero-order valence-corrected chi connectivity index (χ0v) is 14.7. The molecule has 3 aromatic rings. The Hall–Kier alpha value is -2.58. The fraction of sp³-hybridized carbons (Fsp3) is 0.136. The number of hydrogen-bond acceptors (Lipinski definition) is 1. The van der Waals surface area contributed by atoms with Gasteiger partial charge < -0.3 is 4.90 Å². The summed E-state index contributed by atoms with van der Waals surface area (Å²) in [7, 11) is 0. The van der Waals surface area contributed by atoms with Gasteiger partial charge in [-0.15, -0.1) is 0 Å². The van der Waals surface area contributed by atoms with Gasteiger partial charge in [-0.1, -0.05) is 72.3 Å². The highest BCUT2D eigenvalue weighted by atomic mass is 35.5. The fourth-order valence-electron chi connectivity index (χ4n) is 3.69. The van der Waals surface area contributed by atoms with Crippen LogP contribution in [0.25, 0.3) is 0 Å². The molecule has 2 nitrogen and oxygen atoms in total. The lowest BCUT2D eigenvalue weighted by atomic mass is 9.83. The van der Waals surface area contributed by atoms with Crippen LogP contribution in [-0.4, -0.2) is 5.91 Å². The van der Waals surface area contributed by atoms with Crippen molar-refractivity contribution < 1.29 is 4.79 Å². The smallest absolute Gasteiger partial charge is 0.224 e. The molecule has 1 atom stereocenters. The molecule has 1 unspecified atom stereocenters. The van der Waals surface area contributed by atoms with Crippen molar-refractivity contribution in [1.82, 2.24) is 0 Å². The number of amides is 1. The van der Waals surface area contributed by atoms with Crippen LogP contribution in [0.2, 0.25) is 5.02 Å². The van der Waals surface area contributed by atoms with Crippen molar-refractivity contribution >= 4 is 23.2 Å². The summed E-state index contributed by atoms with van der Waals surface area (Å²) < 4.78 is 0. The maximum Gasteiger partial charge on any atom is 0.224 e. The van der Waals surface area contributed by atoms with Crippen LogP contribution in [0.1, 0.15) is 35.1 Å². The average Bonchev–Trinajstić information content (AvgIpc) is 2.77. The number of nitrogens with zero attached hydrogens (tertiary/aromatic N) is 1. The number of carbonyl (C=O) groups is 1. The Labute approximate surface area is 152 Å². The quantitative estimate of drug-likeness (QED) is 0.578. The van der Waals surface area contributed by atoms with Crippen molar-refractivity contribution in [2.45, 2.75) is 19.4 Å². The maximum absolute atomic E-state index is 12.3. The van der Waals surface area contributed by atoms with E-state index in [2.05, 4.69) is 30.3 Å². The number of halogens is 1. The Kier molecular flexibility index (Phi) is 4.06. The number of anilines is 1. The van der Waals surface area contributed by atoms with Gasteiger partial charge in [-0.3, -0.25) is 4.79 Å². The Morgan fingerprint density at radius 1 is 0.880 bits per heavy atom. The summed E-state index contributed by atoms with van der Waals surface area (Å²) in [5, 5.41) is 0.744. The first-order valence-electron chi connectivity index (χ1n) is 8.36. The van der Waals surface area contributed by atoms with Crippen LogP contribution < -0.4 is 4.90 Å². The molecule has 4 rings (SSSR count). The van der Waals surface area contributed by atoms with E-state index in [0.717, 1.165) is 27.4 Å². The molecular weight excluding hydrogens is 330 g/mol. The van der Waals surface area contributed by atoms with E-state index in [0.29, 0.717) is 6.54 Å². The standard InChI is InChI=1S/C22H18ClNO/c1-15(25)24-14-16-8-2-3-9-17(16)22(18-10-4-6-12-20(18)23)19-11-5-7-13-21(19)24/h2-13,22H,14H2,1H3. The van der Waals surface area contributed by atoms with Crippen LogP contribution in [0.15, 0.2) is 72.8 Å². The van der Waals surface area contributed by atoms with Gasteiger partial charge in [0.25, 0.3) is 0 Å². The van der Waals surface area contributed by atoms with Gasteiger partial charge in [0.15, 0.2) is 0 Å². The highest BCUT2D eigenvalue weighted by molar-refractivity contribution is 6.31. The molecule has 0 N–H and O–H groups in total. The molecule has 1 amide bonds. The molecule has 1 aliphatic rings. The third-order valence-electron chi connectivity index (χ3n) is 4.83. The minimum absolute atomic E-state index is 0.00505. The number of fused-ring (bicyclic) bond motifs is 2. The highest BCUT2D eigenvalue weighted by Crippen LogP contribution is 2.44. The second kappa shape index (κ2) is 6.38. The summed E-state index contributed by atoms with van der Waals surface area (Å²) in [5.74, 6) is 0.0486. The molecule has 124 valence electrons. The Bertz CT molecular complexity index is 950. The molecule has 0 spiro atoms. The van der Waals surface area contributed by atoms with Crippen LogP contribution in [0, 0.1) is 0 Å². The molecule has 0 aliphatic carbocycles. The fourth-order valence-corrected chi connectivity index (χ4v) is 3.93. The Morgan fingerprint density at radius 2 is 1.48 bits per heavy atom. The van der Waals surface area contributed by atoms with Crippen LogP contribution in [-0.2, 0) is 11.3 Å². The molecule has 0 fully saturated rings. The molecule has 0 aromatic heterocycles. The second-order valence-corrected chi connectivity index (χ2v) is 6.72. The molecule has 0 saturated carbocycles. The normalized spacial score (nSPS) is 15.9. The van der Waals surface area contributed by atoms with E-state index < -0.39 is 0 Å². The van der Waals surface area contributed by atoms with Crippen LogP contribution in [0.5, 0.6) is 0 Å². The van der Waals surface area contributed by atoms with E-state index in [-0.39, 0.29) is 11.8 Å². The predicted octanol–water partition coefficient (Wildman–Crippen LogP) is 5.39. The molecule has 0 bridgehead atoms. The first kappa shape index (κ1) is 15.9. The van der Waals surface area contributed by atoms with Crippen molar-refractivity contribution in [2.24, 2.45) is 0 Å². The second-order valence-electron chi connectivity index (χ2n) is 6.32.